The fourth-order valence-electron chi connectivity index (χ4n) is 9.70. The Balaban J connectivity index is 1.06. The minimum Gasteiger partial charge on any atom is -0.488 e. The number of hydrogen-bond donors (Lipinski definition) is 4. The number of H-pyrrole nitrogens is 2. The normalized spacial score (nSPS) is 21.5. The van der Waals surface area contributed by atoms with Crippen molar-refractivity contribution >= 4 is 47.2 Å². The molecule has 0 radical (unpaired) electrons. The second-order valence-electron chi connectivity index (χ2n) is 17.5. The van der Waals surface area contributed by atoms with E-state index in [1.807, 2.05) is 75.6 Å². The molecule has 2 aromatic heterocycles. The van der Waals surface area contributed by atoms with Crippen LogP contribution in [0.2, 0.25) is 10.3 Å². The van der Waals surface area contributed by atoms with Gasteiger partial charge in [-0.3, -0.25) is 9.59 Å². The van der Waals surface area contributed by atoms with E-state index < -0.39 is 24.3 Å². The number of imidazole rings is 2. The molecule has 64 heavy (non-hydrogen) atoms. The van der Waals surface area contributed by atoms with Crippen LogP contribution in [0.4, 0.5) is 9.59 Å². The average molecular weight is 920 g/mol. The number of methoxy groups -OCH3 is 2. The summed E-state index contributed by atoms with van der Waals surface area (Å²) < 4.78 is 22.6. The zero-order chi connectivity index (χ0) is 45.7. The van der Waals surface area contributed by atoms with Crippen molar-refractivity contribution in [1.82, 2.24) is 40.4 Å². The summed E-state index contributed by atoms with van der Waals surface area (Å²) in [6.07, 6.45) is 2.94. The van der Waals surface area contributed by atoms with Crippen LogP contribution in [0, 0.1) is 11.8 Å². The van der Waals surface area contributed by atoms with Gasteiger partial charge in [0.25, 0.3) is 0 Å². The van der Waals surface area contributed by atoms with E-state index >= 15 is 0 Å². The maximum Gasteiger partial charge on any atom is 0.407 e. The topological polar surface area (TPSA) is 193 Å². The van der Waals surface area contributed by atoms with E-state index in [2.05, 4.69) is 20.6 Å². The monoisotopic (exact) mass is 918 g/mol. The molecule has 0 unspecified atom stereocenters. The molecule has 8 rings (SSSR count). The van der Waals surface area contributed by atoms with Crippen LogP contribution in [0.25, 0.3) is 33.6 Å². The SMILES string of the molecule is CC[C@H](C)[C@H](NC(=O)OC)C(=O)N1[C@@H](C)CC[C@H]1c1nc(-c2cc3c4c(c2)OCc2cc(-c5nc([C@@H]6CC[C@H](C)N6C(=O)[C@@H](NC(=O)OC)[C@@H](C)CC)[nH]c5Cl)cc(c2-4)OC3)c(Cl)[nH]1. The lowest BCUT2D eigenvalue weighted by atomic mass is 9.87. The van der Waals surface area contributed by atoms with Gasteiger partial charge >= 0.3 is 12.2 Å². The van der Waals surface area contributed by atoms with Crippen LogP contribution in [-0.2, 0) is 32.3 Å². The molecule has 0 spiro atoms. The van der Waals surface area contributed by atoms with Crippen LogP contribution < -0.4 is 20.1 Å². The number of hydrogen-bond acceptors (Lipinski definition) is 10. The summed E-state index contributed by atoms with van der Waals surface area (Å²) in [5, 5.41) is 6.18. The minimum atomic E-state index is -0.760. The van der Waals surface area contributed by atoms with E-state index in [-0.39, 0.29) is 61.0 Å². The first-order chi connectivity index (χ1) is 30.7. The summed E-state index contributed by atoms with van der Waals surface area (Å²) in [5.74, 6) is 1.85. The van der Waals surface area contributed by atoms with Gasteiger partial charge < -0.3 is 49.3 Å². The molecule has 0 bridgehead atoms. The van der Waals surface area contributed by atoms with Gasteiger partial charge in [0.1, 0.15) is 70.1 Å². The van der Waals surface area contributed by atoms with Crippen molar-refractivity contribution in [2.24, 2.45) is 11.8 Å². The first kappa shape index (κ1) is 45.1. The van der Waals surface area contributed by atoms with Crippen LogP contribution in [0.5, 0.6) is 11.5 Å². The molecule has 342 valence electrons. The Kier molecular flexibility index (Phi) is 12.8. The number of carbonyl (C=O) groups excluding carboxylic acids is 4. The number of nitrogens with zero attached hydrogens (tertiary/aromatic N) is 4. The molecule has 2 aromatic carbocycles. The molecular formula is C46H56Cl2N8O8. The average Bonchev–Trinajstić information content (AvgIpc) is 4.09. The molecule has 4 aromatic rings. The van der Waals surface area contributed by atoms with Gasteiger partial charge in [0, 0.05) is 45.5 Å². The van der Waals surface area contributed by atoms with E-state index in [9.17, 15) is 19.2 Å². The predicted octanol–water partition coefficient (Wildman–Crippen LogP) is 8.87. The fourth-order valence-corrected chi connectivity index (χ4v) is 10.2. The highest BCUT2D eigenvalue weighted by Gasteiger charge is 2.44. The fraction of sp³-hybridized carbons (Fsp3) is 0.522. The molecule has 4 N–H and O–H groups in total. The summed E-state index contributed by atoms with van der Waals surface area (Å²) in [7, 11) is 2.57. The summed E-state index contributed by atoms with van der Waals surface area (Å²) in [6, 6.07) is 5.46. The first-order valence-electron chi connectivity index (χ1n) is 22.1. The van der Waals surface area contributed by atoms with Crippen molar-refractivity contribution in [3.8, 4) is 45.1 Å². The zero-order valence-electron chi connectivity index (χ0n) is 37.4. The largest absolute Gasteiger partial charge is 0.488 e. The molecule has 2 saturated heterocycles. The number of carbonyl (C=O) groups is 4. The van der Waals surface area contributed by atoms with Crippen molar-refractivity contribution in [3.63, 3.8) is 0 Å². The van der Waals surface area contributed by atoms with Gasteiger partial charge in [-0.1, -0.05) is 63.7 Å². The van der Waals surface area contributed by atoms with Gasteiger partial charge in [0.05, 0.1) is 26.3 Å². The molecule has 18 heteroatoms. The molecule has 4 amide bonds. The first-order valence-corrected chi connectivity index (χ1v) is 22.9. The molecular weight excluding hydrogens is 863 g/mol. The summed E-state index contributed by atoms with van der Waals surface area (Å²) in [4.78, 5) is 72.9. The summed E-state index contributed by atoms with van der Waals surface area (Å²) in [6.45, 7) is 12.3. The number of aromatic nitrogens is 4. The number of aromatic amines is 2. The number of halogens is 2. The number of amides is 4. The smallest absolute Gasteiger partial charge is 0.407 e. The molecule has 4 aliphatic rings. The van der Waals surface area contributed by atoms with Crippen molar-refractivity contribution in [2.75, 3.05) is 14.2 Å². The number of alkyl carbamates (subject to hydrolysis) is 2. The van der Waals surface area contributed by atoms with Crippen molar-refractivity contribution in [1.29, 1.82) is 0 Å². The maximum absolute atomic E-state index is 14.1. The van der Waals surface area contributed by atoms with E-state index in [1.165, 1.54) is 14.2 Å². The van der Waals surface area contributed by atoms with Crippen LogP contribution in [0.1, 0.15) is 115 Å². The van der Waals surface area contributed by atoms with Crippen LogP contribution in [0.3, 0.4) is 0 Å². The molecule has 6 heterocycles. The zero-order valence-corrected chi connectivity index (χ0v) is 38.9. The van der Waals surface area contributed by atoms with Crippen molar-refractivity contribution < 1.29 is 38.1 Å². The number of benzene rings is 2. The number of likely N-dealkylation sites (tertiary alicyclic amines) is 2. The lowest BCUT2D eigenvalue weighted by molar-refractivity contribution is -0.138. The van der Waals surface area contributed by atoms with E-state index in [0.29, 0.717) is 70.5 Å². The lowest BCUT2D eigenvalue weighted by Crippen LogP contribution is -2.53. The molecule has 2 fully saturated rings. The highest BCUT2D eigenvalue weighted by Crippen LogP contribution is 2.52. The van der Waals surface area contributed by atoms with Crippen LogP contribution in [-0.4, -0.2) is 92.1 Å². The highest BCUT2D eigenvalue weighted by molar-refractivity contribution is 6.32. The third-order valence-corrected chi connectivity index (χ3v) is 14.2. The third kappa shape index (κ3) is 8.12. The van der Waals surface area contributed by atoms with Gasteiger partial charge in [0.2, 0.25) is 11.8 Å². The molecule has 0 aliphatic carbocycles. The van der Waals surface area contributed by atoms with Gasteiger partial charge in [-0.25, -0.2) is 19.6 Å². The standard InChI is InChI=1S/C46H56Cl2N8O8/c1-9-21(3)35(51-45(59)61-7)43(57)55-23(5)11-13-29(55)41-49-37(39(47)53-41)25-15-27-19-64-32-18-26(16-28-20-63-31(17-25)33(27)34(28)32)38-40(48)54-42(50-38)30-14-12-24(6)56(30)44(58)36(22(4)10-2)52-46(60)62-8/h15-18,21-24,29-30,35-36H,9-14,19-20H2,1-8H3,(H,49,53)(H,50,54)(H,51,59)(H,52,60)/t21-,22-,23-,24-,29-,30-,35-,36-/m0/s1. The number of nitrogens with one attached hydrogen (secondary N) is 4. The third-order valence-electron chi connectivity index (χ3n) is 13.6. The molecule has 8 atom stereocenters. The Morgan fingerprint density at radius 1 is 0.703 bits per heavy atom. The van der Waals surface area contributed by atoms with Crippen molar-refractivity contribution in [3.05, 3.63) is 57.3 Å². The Labute approximate surface area is 382 Å². The van der Waals surface area contributed by atoms with E-state index in [1.54, 1.807) is 0 Å². The molecule has 0 saturated carbocycles. The second-order valence-corrected chi connectivity index (χ2v) is 18.3. The van der Waals surface area contributed by atoms with Gasteiger partial charge in [-0.05, 0) is 75.6 Å². The van der Waals surface area contributed by atoms with E-state index in [0.717, 1.165) is 46.2 Å². The van der Waals surface area contributed by atoms with Gasteiger partial charge in [-0.2, -0.15) is 0 Å². The Bertz CT molecular complexity index is 2250. The number of rotatable bonds is 12. The van der Waals surface area contributed by atoms with Gasteiger partial charge in [0.15, 0.2) is 0 Å². The summed E-state index contributed by atoms with van der Waals surface area (Å²) >= 11 is 13.8. The van der Waals surface area contributed by atoms with E-state index in [4.69, 9.17) is 52.1 Å². The quantitative estimate of drug-likeness (QED) is 0.107. The maximum atomic E-state index is 14.1. The Hall–Kier alpha value is -5.48. The summed E-state index contributed by atoms with van der Waals surface area (Å²) in [5.41, 5.74) is 6.21. The predicted molar refractivity (Wildman–Crippen MR) is 240 cm³/mol. The highest BCUT2D eigenvalue weighted by atomic mass is 35.5. The van der Waals surface area contributed by atoms with Crippen LogP contribution in [0.15, 0.2) is 24.3 Å². The minimum absolute atomic E-state index is 0.0850. The Morgan fingerprint density at radius 3 is 1.45 bits per heavy atom. The van der Waals surface area contributed by atoms with Gasteiger partial charge in [-0.15, -0.1) is 0 Å². The molecule has 4 aliphatic heterocycles. The second kappa shape index (κ2) is 18.2. The number of ether oxygens (including phenoxy) is 4. The lowest BCUT2D eigenvalue weighted by Gasteiger charge is -2.33. The molecule has 16 nitrogen and oxygen atoms in total. The Morgan fingerprint density at radius 2 is 1.09 bits per heavy atom. The van der Waals surface area contributed by atoms with Crippen LogP contribution >= 0.6 is 23.2 Å². The van der Waals surface area contributed by atoms with Crippen molar-refractivity contribution in [2.45, 2.75) is 130 Å².